The summed E-state index contributed by atoms with van der Waals surface area (Å²) < 4.78 is 0. The second-order valence-electron chi connectivity index (χ2n) is 5.42. The first-order chi connectivity index (χ1) is 9.97. The monoisotopic (exact) mass is 310 g/mol. The number of carbonyl (C=O) groups excluding carboxylic acids is 2. The SMILES string of the molecule is CC(C)CC1C(=O)NCCN1C(=O)Nc1ccc(Cl)cn1. The number of halogens is 1. The molecule has 0 saturated carbocycles. The highest BCUT2D eigenvalue weighted by Crippen LogP contribution is 2.16. The molecule has 21 heavy (non-hydrogen) atoms. The van der Waals surface area contributed by atoms with E-state index in [2.05, 4.69) is 15.6 Å². The molecule has 1 aliphatic heterocycles. The first kappa shape index (κ1) is 15.6. The summed E-state index contributed by atoms with van der Waals surface area (Å²) >= 11 is 5.76. The van der Waals surface area contributed by atoms with Gasteiger partial charge < -0.3 is 10.2 Å². The van der Waals surface area contributed by atoms with Crippen LogP contribution in [0, 0.1) is 5.92 Å². The number of piperazine rings is 1. The van der Waals surface area contributed by atoms with E-state index in [-0.39, 0.29) is 11.9 Å². The molecule has 0 spiro atoms. The van der Waals surface area contributed by atoms with E-state index in [9.17, 15) is 9.59 Å². The average Bonchev–Trinajstić information content (AvgIpc) is 2.43. The summed E-state index contributed by atoms with van der Waals surface area (Å²) in [6, 6.07) is 2.52. The summed E-state index contributed by atoms with van der Waals surface area (Å²) in [7, 11) is 0. The number of amides is 3. The molecule has 1 aromatic heterocycles. The Kier molecular flexibility index (Phi) is 5.01. The van der Waals surface area contributed by atoms with Gasteiger partial charge in [-0.2, -0.15) is 0 Å². The number of nitrogens with one attached hydrogen (secondary N) is 2. The van der Waals surface area contributed by atoms with Crippen LogP contribution in [0.15, 0.2) is 18.3 Å². The summed E-state index contributed by atoms with van der Waals surface area (Å²) in [6.45, 7) is 5.01. The highest BCUT2D eigenvalue weighted by Gasteiger charge is 2.33. The van der Waals surface area contributed by atoms with Crippen molar-refractivity contribution in [2.75, 3.05) is 18.4 Å². The average molecular weight is 311 g/mol. The van der Waals surface area contributed by atoms with E-state index in [0.717, 1.165) is 0 Å². The predicted molar refractivity (Wildman–Crippen MR) is 81.2 cm³/mol. The molecule has 0 radical (unpaired) electrons. The topological polar surface area (TPSA) is 74.3 Å². The molecule has 1 atom stereocenters. The van der Waals surface area contributed by atoms with Gasteiger partial charge in [-0.3, -0.25) is 10.1 Å². The van der Waals surface area contributed by atoms with Crippen molar-refractivity contribution in [1.82, 2.24) is 15.2 Å². The van der Waals surface area contributed by atoms with Gasteiger partial charge in [0.15, 0.2) is 0 Å². The maximum atomic E-state index is 12.4. The third-order valence-electron chi connectivity index (χ3n) is 3.25. The molecule has 2 rings (SSSR count). The van der Waals surface area contributed by atoms with Crippen LogP contribution >= 0.6 is 11.6 Å². The van der Waals surface area contributed by atoms with Crippen molar-refractivity contribution in [2.45, 2.75) is 26.3 Å². The van der Waals surface area contributed by atoms with Crippen molar-refractivity contribution in [3.8, 4) is 0 Å². The van der Waals surface area contributed by atoms with Gasteiger partial charge in [0.2, 0.25) is 5.91 Å². The molecule has 7 heteroatoms. The number of aromatic nitrogens is 1. The Bertz CT molecular complexity index is 518. The molecule has 0 aromatic carbocycles. The Morgan fingerprint density at radius 2 is 2.33 bits per heavy atom. The van der Waals surface area contributed by atoms with Gasteiger partial charge >= 0.3 is 6.03 Å². The Morgan fingerprint density at radius 3 is 2.95 bits per heavy atom. The van der Waals surface area contributed by atoms with E-state index in [1.807, 2.05) is 13.8 Å². The smallest absolute Gasteiger partial charge is 0.323 e. The van der Waals surface area contributed by atoms with Crippen molar-refractivity contribution < 1.29 is 9.59 Å². The number of rotatable bonds is 3. The molecule has 6 nitrogen and oxygen atoms in total. The summed E-state index contributed by atoms with van der Waals surface area (Å²) in [6.07, 6.45) is 2.10. The fraction of sp³-hybridized carbons (Fsp3) is 0.500. The first-order valence-electron chi connectivity index (χ1n) is 6.94. The molecule has 2 N–H and O–H groups in total. The Labute approximate surface area is 128 Å². The van der Waals surface area contributed by atoms with Crippen molar-refractivity contribution in [1.29, 1.82) is 0 Å². The lowest BCUT2D eigenvalue weighted by atomic mass is 10.0. The minimum Gasteiger partial charge on any atom is -0.353 e. The molecule has 3 amide bonds. The van der Waals surface area contributed by atoms with Crippen molar-refractivity contribution in [2.24, 2.45) is 5.92 Å². The maximum absolute atomic E-state index is 12.4. The van der Waals surface area contributed by atoms with Crippen molar-refractivity contribution in [3.63, 3.8) is 0 Å². The van der Waals surface area contributed by atoms with Crippen LogP contribution < -0.4 is 10.6 Å². The van der Waals surface area contributed by atoms with E-state index >= 15 is 0 Å². The number of carbonyl (C=O) groups is 2. The molecule has 1 aromatic rings. The molecule has 1 fully saturated rings. The van der Waals surface area contributed by atoms with Crippen LogP contribution in [-0.2, 0) is 4.79 Å². The molecule has 1 saturated heterocycles. The fourth-order valence-corrected chi connectivity index (χ4v) is 2.38. The lowest BCUT2D eigenvalue weighted by Gasteiger charge is -2.35. The number of urea groups is 1. The van der Waals surface area contributed by atoms with Gasteiger partial charge in [-0.15, -0.1) is 0 Å². The van der Waals surface area contributed by atoms with Crippen LogP contribution in [-0.4, -0.2) is 41.0 Å². The zero-order valence-corrected chi connectivity index (χ0v) is 12.9. The normalized spacial score (nSPS) is 18.6. The van der Waals surface area contributed by atoms with Crippen LogP contribution in [0.5, 0.6) is 0 Å². The van der Waals surface area contributed by atoms with Crippen LogP contribution in [0.3, 0.4) is 0 Å². The van der Waals surface area contributed by atoms with E-state index in [0.29, 0.717) is 36.3 Å². The van der Waals surface area contributed by atoms with Crippen LogP contribution in [0.2, 0.25) is 5.02 Å². The molecule has 1 aliphatic rings. The van der Waals surface area contributed by atoms with Gasteiger partial charge in [-0.25, -0.2) is 9.78 Å². The van der Waals surface area contributed by atoms with Gasteiger partial charge in [-0.05, 0) is 24.5 Å². The largest absolute Gasteiger partial charge is 0.353 e. The third kappa shape index (κ3) is 4.07. The van der Waals surface area contributed by atoms with Gasteiger partial charge in [0, 0.05) is 19.3 Å². The second kappa shape index (κ2) is 6.76. The maximum Gasteiger partial charge on any atom is 0.323 e. The van der Waals surface area contributed by atoms with Crippen molar-refractivity contribution >= 4 is 29.4 Å². The van der Waals surface area contributed by atoms with E-state index in [4.69, 9.17) is 11.6 Å². The molecule has 2 heterocycles. The Hall–Kier alpha value is -1.82. The van der Waals surface area contributed by atoms with E-state index < -0.39 is 6.04 Å². The van der Waals surface area contributed by atoms with Gasteiger partial charge in [0.1, 0.15) is 11.9 Å². The highest BCUT2D eigenvalue weighted by molar-refractivity contribution is 6.30. The third-order valence-corrected chi connectivity index (χ3v) is 3.47. The summed E-state index contributed by atoms with van der Waals surface area (Å²) in [4.78, 5) is 29.9. The molecular formula is C14H19ClN4O2. The summed E-state index contributed by atoms with van der Waals surface area (Å²) in [5.74, 6) is 0.635. The van der Waals surface area contributed by atoms with E-state index in [1.165, 1.54) is 6.20 Å². The minimum atomic E-state index is -0.439. The van der Waals surface area contributed by atoms with Crippen molar-refractivity contribution in [3.05, 3.63) is 23.4 Å². The number of anilines is 1. The molecule has 114 valence electrons. The molecule has 0 aliphatic carbocycles. The number of pyridine rings is 1. The lowest BCUT2D eigenvalue weighted by Crippen LogP contribution is -2.58. The fourth-order valence-electron chi connectivity index (χ4n) is 2.27. The molecule has 0 bridgehead atoms. The van der Waals surface area contributed by atoms with Crippen LogP contribution in [0.4, 0.5) is 10.6 Å². The van der Waals surface area contributed by atoms with Gasteiger partial charge in [0.25, 0.3) is 0 Å². The number of hydrogen-bond donors (Lipinski definition) is 2. The van der Waals surface area contributed by atoms with Gasteiger partial charge in [-0.1, -0.05) is 25.4 Å². The summed E-state index contributed by atoms with van der Waals surface area (Å²) in [5, 5.41) is 6.00. The Balaban J connectivity index is 2.07. The quantitative estimate of drug-likeness (QED) is 0.898. The molecule has 1 unspecified atom stereocenters. The Morgan fingerprint density at radius 1 is 1.57 bits per heavy atom. The zero-order chi connectivity index (χ0) is 15.4. The van der Waals surface area contributed by atoms with Gasteiger partial charge in [0.05, 0.1) is 5.02 Å². The number of nitrogens with zero attached hydrogens (tertiary/aromatic N) is 2. The standard InChI is InChI=1S/C14H19ClN4O2/c1-9(2)7-11-13(20)16-5-6-19(11)14(21)18-12-4-3-10(15)8-17-12/h3-4,8-9,11H,5-7H2,1-2H3,(H,16,20)(H,17,18,21). The lowest BCUT2D eigenvalue weighted by molar-refractivity contribution is -0.128. The second-order valence-corrected chi connectivity index (χ2v) is 5.86. The molecular weight excluding hydrogens is 292 g/mol. The van der Waals surface area contributed by atoms with Crippen LogP contribution in [0.25, 0.3) is 0 Å². The zero-order valence-electron chi connectivity index (χ0n) is 12.1. The van der Waals surface area contributed by atoms with Crippen LogP contribution in [0.1, 0.15) is 20.3 Å². The highest BCUT2D eigenvalue weighted by atomic mass is 35.5. The predicted octanol–water partition coefficient (Wildman–Crippen LogP) is 2.11. The number of hydrogen-bond acceptors (Lipinski definition) is 3. The first-order valence-corrected chi connectivity index (χ1v) is 7.32. The summed E-state index contributed by atoms with van der Waals surface area (Å²) in [5.41, 5.74) is 0. The van der Waals surface area contributed by atoms with E-state index in [1.54, 1.807) is 17.0 Å². The minimum absolute atomic E-state index is 0.103.